The highest BCUT2D eigenvalue weighted by atomic mass is 35.5. The highest BCUT2D eigenvalue weighted by Gasteiger charge is 2.26. The molecule has 1 saturated heterocycles. The molecule has 172 valence electrons. The number of carbonyl (C=O) groups excluding carboxylic acids is 2. The minimum absolute atomic E-state index is 0.170. The van der Waals surface area contributed by atoms with Gasteiger partial charge in [0.05, 0.1) is 25.1 Å². The Kier molecular flexibility index (Phi) is 7.26. The molecule has 0 radical (unpaired) electrons. The van der Waals surface area contributed by atoms with Crippen LogP contribution in [0.4, 0.5) is 5.69 Å². The van der Waals surface area contributed by atoms with Gasteiger partial charge in [-0.2, -0.15) is 5.10 Å². The summed E-state index contributed by atoms with van der Waals surface area (Å²) in [4.78, 5) is 27.8. The van der Waals surface area contributed by atoms with E-state index in [1.165, 1.54) is 6.20 Å². The van der Waals surface area contributed by atoms with E-state index in [9.17, 15) is 9.59 Å². The highest BCUT2D eigenvalue weighted by molar-refractivity contribution is 6.30. The Hall–Kier alpha value is -3.36. The summed E-state index contributed by atoms with van der Waals surface area (Å²) in [6.45, 7) is 4.72. The summed E-state index contributed by atoms with van der Waals surface area (Å²) in [5, 5.41) is 7.72. The third kappa shape index (κ3) is 5.53. The Bertz CT molecular complexity index is 1140. The maximum Gasteiger partial charge on any atom is 0.274 e. The maximum absolute atomic E-state index is 13.1. The molecule has 33 heavy (non-hydrogen) atoms. The number of aryl methyl sites for hydroxylation is 1. The lowest BCUT2D eigenvalue weighted by Crippen LogP contribution is -2.41. The van der Waals surface area contributed by atoms with Crippen molar-refractivity contribution in [3.8, 4) is 5.75 Å². The van der Waals surface area contributed by atoms with Crippen molar-refractivity contribution < 1.29 is 19.1 Å². The number of nitrogens with zero attached hydrogens (tertiary/aromatic N) is 3. The number of anilines is 1. The molecular weight excluding hydrogens is 444 g/mol. The molecule has 0 spiro atoms. The van der Waals surface area contributed by atoms with E-state index < -0.39 is 0 Å². The third-order valence-corrected chi connectivity index (χ3v) is 5.51. The second-order valence-electron chi connectivity index (χ2n) is 7.53. The number of hydrogen-bond acceptors (Lipinski definition) is 5. The lowest BCUT2D eigenvalue weighted by Gasteiger charge is -2.27. The van der Waals surface area contributed by atoms with Gasteiger partial charge in [0.2, 0.25) is 0 Å². The number of hydrogen-bond donors (Lipinski definition) is 1. The summed E-state index contributed by atoms with van der Waals surface area (Å²) in [6.07, 6.45) is 1.52. The van der Waals surface area contributed by atoms with Crippen molar-refractivity contribution >= 4 is 29.1 Å². The van der Waals surface area contributed by atoms with Gasteiger partial charge in [-0.1, -0.05) is 29.8 Å². The van der Waals surface area contributed by atoms with Crippen molar-refractivity contribution in [3.63, 3.8) is 0 Å². The average molecular weight is 469 g/mol. The molecule has 1 aromatic heterocycles. The third-order valence-electron chi connectivity index (χ3n) is 5.28. The van der Waals surface area contributed by atoms with E-state index >= 15 is 0 Å². The zero-order chi connectivity index (χ0) is 23.2. The van der Waals surface area contributed by atoms with Gasteiger partial charge in [-0.3, -0.25) is 14.3 Å². The molecule has 1 fully saturated rings. The van der Waals surface area contributed by atoms with E-state index in [2.05, 4.69) is 10.4 Å². The smallest absolute Gasteiger partial charge is 0.274 e. The number of halogens is 1. The van der Waals surface area contributed by atoms with Crippen LogP contribution in [0.2, 0.25) is 5.02 Å². The zero-order valence-corrected chi connectivity index (χ0v) is 19.0. The topological polar surface area (TPSA) is 85.7 Å². The molecule has 2 heterocycles. The van der Waals surface area contributed by atoms with Gasteiger partial charge < -0.3 is 19.7 Å². The van der Waals surface area contributed by atoms with Crippen LogP contribution >= 0.6 is 11.6 Å². The van der Waals surface area contributed by atoms with Gasteiger partial charge in [-0.15, -0.1) is 0 Å². The monoisotopic (exact) mass is 468 g/mol. The molecule has 1 aliphatic heterocycles. The largest absolute Gasteiger partial charge is 0.489 e. The molecule has 0 bridgehead atoms. The van der Waals surface area contributed by atoms with Crippen molar-refractivity contribution in [1.82, 2.24) is 14.7 Å². The molecule has 1 aliphatic rings. The molecule has 4 rings (SSSR count). The van der Waals surface area contributed by atoms with Crippen molar-refractivity contribution in [2.45, 2.75) is 20.1 Å². The van der Waals surface area contributed by atoms with Crippen LogP contribution in [0.1, 0.15) is 33.3 Å². The summed E-state index contributed by atoms with van der Waals surface area (Å²) >= 11 is 5.99. The molecule has 9 heteroatoms. The number of ether oxygens (including phenoxy) is 2. The molecule has 8 nitrogen and oxygen atoms in total. The number of rotatable bonds is 7. The van der Waals surface area contributed by atoms with Gasteiger partial charge in [0, 0.05) is 30.2 Å². The first-order valence-electron chi connectivity index (χ1n) is 10.8. The van der Waals surface area contributed by atoms with Crippen LogP contribution in [0.25, 0.3) is 0 Å². The van der Waals surface area contributed by atoms with Crippen LogP contribution in [0.5, 0.6) is 5.75 Å². The van der Waals surface area contributed by atoms with E-state index in [4.69, 9.17) is 21.1 Å². The van der Waals surface area contributed by atoms with E-state index in [0.717, 1.165) is 5.56 Å². The summed E-state index contributed by atoms with van der Waals surface area (Å²) in [6, 6.07) is 14.3. The van der Waals surface area contributed by atoms with E-state index in [1.807, 2.05) is 25.1 Å². The Morgan fingerprint density at radius 1 is 1.15 bits per heavy atom. The van der Waals surface area contributed by atoms with Crippen molar-refractivity contribution in [2.24, 2.45) is 0 Å². The molecule has 0 aliphatic carbocycles. The SMILES string of the molecule is CCn1ncc(NC(=O)c2cccc(COc3cccc(Cl)c3)c2)c1C(=O)N1CCOCC1. The Morgan fingerprint density at radius 2 is 1.94 bits per heavy atom. The second-order valence-corrected chi connectivity index (χ2v) is 7.96. The quantitative estimate of drug-likeness (QED) is 0.569. The Labute approximate surface area is 197 Å². The molecular formula is C24H25ClN4O4. The van der Waals surface area contributed by atoms with Crippen LogP contribution < -0.4 is 10.1 Å². The highest BCUT2D eigenvalue weighted by Crippen LogP contribution is 2.21. The number of nitrogens with one attached hydrogen (secondary N) is 1. The van der Waals surface area contributed by atoms with Crippen LogP contribution in [-0.2, 0) is 17.9 Å². The number of carbonyl (C=O) groups is 2. The predicted molar refractivity (Wildman–Crippen MR) is 125 cm³/mol. The molecule has 0 saturated carbocycles. The fourth-order valence-electron chi connectivity index (χ4n) is 3.58. The first kappa shape index (κ1) is 22.8. The normalized spacial score (nSPS) is 13.6. The van der Waals surface area contributed by atoms with Crippen LogP contribution in [0.15, 0.2) is 54.7 Å². The first-order chi connectivity index (χ1) is 16.0. The van der Waals surface area contributed by atoms with E-state index in [-0.39, 0.29) is 18.4 Å². The predicted octanol–water partition coefficient (Wildman–Crippen LogP) is 3.86. The number of benzene rings is 2. The van der Waals surface area contributed by atoms with Crippen molar-refractivity contribution in [3.05, 3.63) is 76.6 Å². The zero-order valence-electron chi connectivity index (χ0n) is 18.3. The van der Waals surface area contributed by atoms with Gasteiger partial charge in [0.25, 0.3) is 11.8 Å². The lowest BCUT2D eigenvalue weighted by atomic mass is 10.1. The van der Waals surface area contributed by atoms with Crippen molar-refractivity contribution in [2.75, 3.05) is 31.6 Å². The number of morpholine rings is 1. The van der Waals surface area contributed by atoms with Gasteiger partial charge in [0.15, 0.2) is 0 Å². The molecule has 2 aromatic carbocycles. The molecule has 0 atom stereocenters. The fourth-order valence-corrected chi connectivity index (χ4v) is 3.76. The minimum Gasteiger partial charge on any atom is -0.489 e. The fraction of sp³-hybridized carbons (Fsp3) is 0.292. The first-order valence-corrected chi connectivity index (χ1v) is 11.1. The summed E-state index contributed by atoms with van der Waals surface area (Å²) in [5.74, 6) is 0.151. The van der Waals surface area contributed by atoms with Gasteiger partial charge in [0.1, 0.15) is 18.1 Å². The van der Waals surface area contributed by atoms with E-state index in [0.29, 0.717) is 60.6 Å². The average Bonchev–Trinajstić information content (AvgIpc) is 3.25. The summed E-state index contributed by atoms with van der Waals surface area (Å²) < 4.78 is 12.7. The molecule has 1 N–H and O–H groups in total. The molecule has 2 amide bonds. The molecule has 3 aromatic rings. The van der Waals surface area contributed by atoms with Crippen molar-refractivity contribution in [1.29, 1.82) is 0 Å². The standard InChI is InChI=1S/C24H25ClN4O4/c1-2-29-22(24(31)28-9-11-32-12-10-28)21(15-26-29)27-23(30)18-6-3-5-17(13-18)16-33-20-8-4-7-19(25)14-20/h3-8,13-15H,2,9-12,16H2,1H3,(H,27,30). The molecule has 0 unspecified atom stereocenters. The maximum atomic E-state index is 13.1. The number of amides is 2. The van der Waals surface area contributed by atoms with Gasteiger partial charge in [-0.05, 0) is 42.8 Å². The summed E-state index contributed by atoms with van der Waals surface area (Å²) in [7, 11) is 0. The van der Waals surface area contributed by atoms with E-state index in [1.54, 1.807) is 39.9 Å². The summed E-state index contributed by atoms with van der Waals surface area (Å²) in [5.41, 5.74) is 2.04. The Balaban J connectivity index is 1.47. The number of aromatic nitrogens is 2. The van der Waals surface area contributed by atoms with Gasteiger partial charge >= 0.3 is 0 Å². The van der Waals surface area contributed by atoms with Crippen LogP contribution in [-0.4, -0.2) is 52.8 Å². The van der Waals surface area contributed by atoms with Gasteiger partial charge in [-0.25, -0.2) is 0 Å². The van der Waals surface area contributed by atoms with Crippen LogP contribution in [0.3, 0.4) is 0 Å². The minimum atomic E-state index is -0.328. The second kappa shape index (κ2) is 10.5. The lowest BCUT2D eigenvalue weighted by molar-refractivity contribution is 0.0295. The van der Waals surface area contributed by atoms with Crippen LogP contribution in [0, 0.1) is 0 Å². The Morgan fingerprint density at radius 3 is 2.70 bits per heavy atom.